The first kappa shape index (κ1) is 14.9. The number of methoxy groups -OCH3 is 1. The molecule has 0 spiro atoms. The number of nitrogens with zero attached hydrogens (tertiary/aromatic N) is 2. The van der Waals surface area contributed by atoms with Crippen molar-refractivity contribution in [1.29, 1.82) is 0 Å². The van der Waals surface area contributed by atoms with E-state index in [-0.39, 0.29) is 26.1 Å². The maximum absolute atomic E-state index is 14.1. The third-order valence-corrected chi connectivity index (χ3v) is 5.50. The minimum atomic E-state index is -0.546. The fourth-order valence-corrected chi connectivity index (χ4v) is 4.30. The van der Waals surface area contributed by atoms with Gasteiger partial charge in [-0.25, -0.2) is 0 Å². The van der Waals surface area contributed by atoms with Gasteiger partial charge < -0.3 is 0 Å². The second-order valence-corrected chi connectivity index (χ2v) is 6.92. The molecule has 3 aromatic heterocycles. The van der Waals surface area contributed by atoms with Crippen molar-refractivity contribution in [3.8, 4) is 17.1 Å². The molecule has 24 heavy (non-hydrogen) atoms. The molecule has 4 aromatic rings. The first-order valence-corrected chi connectivity index (χ1v) is 8.93. The first-order valence-electron chi connectivity index (χ1n) is 7.08. The molecule has 5 nitrogen and oxygen atoms in total. The van der Waals surface area contributed by atoms with Gasteiger partial charge in [0.2, 0.25) is 0 Å². The Hall–Kier alpha value is -2.63. The molecule has 0 atom stereocenters. The van der Waals surface area contributed by atoms with Gasteiger partial charge in [-0.1, -0.05) is 0 Å². The van der Waals surface area contributed by atoms with E-state index in [0.717, 1.165) is 9.78 Å². The number of carbonyl (C=O) groups is 1. The van der Waals surface area contributed by atoms with Gasteiger partial charge in [-0.05, 0) is 0 Å². The average molecular weight is 389 g/mol. The zero-order chi connectivity index (χ0) is 16.7. The molecule has 0 saturated heterocycles. The van der Waals surface area contributed by atoms with E-state index in [0.29, 0.717) is 17.1 Å². The topological polar surface area (TPSA) is 57.3 Å². The summed E-state index contributed by atoms with van der Waals surface area (Å²) in [7, 11) is 1.29. The zero-order valence-electron chi connectivity index (χ0n) is 12.5. The van der Waals surface area contributed by atoms with Crippen molar-refractivity contribution in [3.05, 3.63) is 59.0 Å². The van der Waals surface area contributed by atoms with Crippen LogP contribution in [0.2, 0.25) is 0 Å². The average Bonchev–Trinajstić information content (AvgIpc) is 3.30. The molecule has 3 heterocycles. The van der Waals surface area contributed by atoms with Gasteiger partial charge in [0.25, 0.3) is 0 Å². The van der Waals surface area contributed by atoms with E-state index in [1.54, 1.807) is 35.0 Å². The van der Waals surface area contributed by atoms with Crippen molar-refractivity contribution < 1.29 is 18.3 Å². The summed E-state index contributed by atoms with van der Waals surface area (Å²) in [6.45, 7) is 0. The molecule has 0 fully saturated rings. The Morgan fingerprint density at radius 3 is 2.88 bits per heavy atom. The molecule has 0 bridgehead atoms. The maximum atomic E-state index is 14.1. The molecule has 0 aliphatic heterocycles. The van der Waals surface area contributed by atoms with Crippen molar-refractivity contribution in [2.24, 2.45) is 0 Å². The third-order valence-electron chi connectivity index (χ3n) is 3.59. The van der Waals surface area contributed by atoms with Crippen LogP contribution in [0.3, 0.4) is 0 Å². The molecule has 0 aliphatic rings. The summed E-state index contributed by atoms with van der Waals surface area (Å²) < 4.78 is 26.9. The number of rotatable bonds is 3. The van der Waals surface area contributed by atoms with E-state index in [2.05, 4.69) is 9.84 Å². The standard InChI is InChI=1S/C17H11FN2O3Se/c1-22-17(21)14-7-6-13(23-14)15-16-12(8-9-24-16)20(19-15)11-5-3-2-4-10(11)18/h2-9H,1H3. The van der Waals surface area contributed by atoms with Gasteiger partial charge >= 0.3 is 142 Å². The van der Waals surface area contributed by atoms with E-state index in [9.17, 15) is 9.18 Å². The van der Waals surface area contributed by atoms with Gasteiger partial charge in [0, 0.05) is 0 Å². The Morgan fingerprint density at radius 1 is 1.25 bits per heavy atom. The molecule has 0 unspecified atom stereocenters. The number of carbonyl (C=O) groups excluding carboxylic acids is 1. The Kier molecular flexibility index (Phi) is 3.59. The summed E-state index contributed by atoms with van der Waals surface area (Å²) in [5.74, 6) is -0.320. The van der Waals surface area contributed by atoms with E-state index in [1.807, 2.05) is 11.0 Å². The minimum absolute atomic E-state index is 0.0758. The Labute approximate surface area is 142 Å². The number of fused-ring (bicyclic) bond motifs is 1. The number of ether oxygens (including phenoxy) is 1. The van der Waals surface area contributed by atoms with Crippen LogP contribution in [-0.4, -0.2) is 37.4 Å². The van der Waals surface area contributed by atoms with Gasteiger partial charge in [0.15, 0.2) is 0 Å². The van der Waals surface area contributed by atoms with Gasteiger partial charge in [0.1, 0.15) is 0 Å². The fourth-order valence-electron chi connectivity index (χ4n) is 2.49. The van der Waals surface area contributed by atoms with Crippen LogP contribution in [0.25, 0.3) is 26.9 Å². The molecule has 0 saturated carbocycles. The van der Waals surface area contributed by atoms with Gasteiger partial charge in [0.05, 0.1) is 0 Å². The van der Waals surface area contributed by atoms with Gasteiger partial charge in [-0.15, -0.1) is 0 Å². The van der Waals surface area contributed by atoms with Crippen molar-refractivity contribution in [3.63, 3.8) is 0 Å². The van der Waals surface area contributed by atoms with Crippen LogP contribution in [0.15, 0.2) is 51.8 Å². The van der Waals surface area contributed by atoms with Crippen LogP contribution >= 0.6 is 0 Å². The number of esters is 1. The predicted octanol–water partition coefficient (Wildman–Crippen LogP) is 3.27. The monoisotopic (exact) mass is 390 g/mol. The second-order valence-electron chi connectivity index (χ2n) is 5.00. The third kappa shape index (κ3) is 2.29. The molecular formula is C17H11FN2O3Se. The molecule has 0 N–H and O–H groups in total. The Balaban J connectivity index is 1.89. The van der Waals surface area contributed by atoms with Crippen molar-refractivity contribution in [2.45, 2.75) is 0 Å². The van der Waals surface area contributed by atoms with E-state index < -0.39 is 5.97 Å². The molecular weight excluding hydrogens is 378 g/mol. The quantitative estimate of drug-likeness (QED) is 0.399. The second kappa shape index (κ2) is 5.78. The Bertz CT molecular complexity index is 1050. The van der Waals surface area contributed by atoms with Gasteiger partial charge in [-0.3, -0.25) is 0 Å². The summed E-state index contributed by atoms with van der Waals surface area (Å²) in [6, 6.07) is 11.6. The van der Waals surface area contributed by atoms with Crippen molar-refractivity contribution in [2.75, 3.05) is 7.11 Å². The summed E-state index contributed by atoms with van der Waals surface area (Å²) in [5, 5.41) is 4.53. The molecule has 0 radical (unpaired) electrons. The summed E-state index contributed by atoms with van der Waals surface area (Å²) in [5.41, 5.74) is 1.83. The van der Waals surface area contributed by atoms with Crippen LogP contribution < -0.4 is 0 Å². The molecule has 0 aliphatic carbocycles. The summed E-state index contributed by atoms with van der Waals surface area (Å²) >= 11 is 0.0758. The number of hydrogen-bond donors (Lipinski definition) is 0. The van der Waals surface area contributed by atoms with E-state index >= 15 is 0 Å². The van der Waals surface area contributed by atoms with Crippen LogP contribution in [-0.2, 0) is 4.74 Å². The Morgan fingerprint density at radius 2 is 2.08 bits per heavy atom. The molecule has 120 valence electrons. The van der Waals surface area contributed by atoms with E-state index in [1.165, 1.54) is 13.2 Å². The normalized spacial score (nSPS) is 11.1. The zero-order valence-corrected chi connectivity index (χ0v) is 14.2. The van der Waals surface area contributed by atoms with Crippen LogP contribution in [0.5, 0.6) is 0 Å². The number of furan rings is 1. The molecule has 7 heteroatoms. The predicted molar refractivity (Wildman–Crippen MR) is 87.0 cm³/mol. The summed E-state index contributed by atoms with van der Waals surface area (Å²) in [4.78, 5) is 13.6. The van der Waals surface area contributed by atoms with Crippen molar-refractivity contribution >= 4 is 30.2 Å². The van der Waals surface area contributed by atoms with Crippen LogP contribution in [0.4, 0.5) is 4.39 Å². The molecule has 0 amide bonds. The van der Waals surface area contributed by atoms with Gasteiger partial charge in [-0.2, -0.15) is 0 Å². The molecule has 1 aromatic carbocycles. The number of para-hydroxylation sites is 1. The number of halogens is 1. The van der Waals surface area contributed by atoms with Crippen LogP contribution in [0, 0.1) is 5.82 Å². The van der Waals surface area contributed by atoms with E-state index in [4.69, 9.17) is 4.42 Å². The first-order chi connectivity index (χ1) is 11.7. The van der Waals surface area contributed by atoms with Crippen molar-refractivity contribution in [1.82, 2.24) is 9.78 Å². The molecule has 4 rings (SSSR count). The number of aromatic nitrogens is 2. The number of benzene rings is 1. The van der Waals surface area contributed by atoms with Crippen LogP contribution in [0.1, 0.15) is 10.6 Å². The fraction of sp³-hybridized carbons (Fsp3) is 0.0588. The number of hydrogen-bond acceptors (Lipinski definition) is 4. The summed E-state index contributed by atoms with van der Waals surface area (Å²) in [6.07, 6.45) is 0. The SMILES string of the molecule is COC(=O)c1ccc(-c2nn(-c3ccccc3F)c3cc[se]c23)o1.